The molecule has 0 amide bonds. The van der Waals surface area contributed by atoms with Gasteiger partial charge in [0.2, 0.25) is 0 Å². The molecular weight excluding hydrogens is 462 g/mol. The van der Waals surface area contributed by atoms with Crippen LogP contribution in [0.3, 0.4) is 0 Å². The van der Waals surface area contributed by atoms with Gasteiger partial charge in [-0.25, -0.2) is 0 Å². The van der Waals surface area contributed by atoms with E-state index in [2.05, 4.69) is 144 Å². The SMILES string of the molecule is Cc1ccc[c]([Mo+3])c1C.NC(=S)[S-].NC(=S)[S-].NC(=S)[S-]. The molecule has 116 valence electrons. The van der Waals surface area contributed by atoms with Crippen molar-refractivity contribution < 1.29 is 19.8 Å². The van der Waals surface area contributed by atoms with E-state index in [9.17, 15) is 0 Å². The normalized spacial score (nSPS) is 7.48. The van der Waals surface area contributed by atoms with Crippen molar-refractivity contribution in [1.29, 1.82) is 0 Å². The number of hydrogen-bond acceptors (Lipinski definition) is 6. The summed E-state index contributed by atoms with van der Waals surface area (Å²) in [4.78, 5) is 0. The van der Waals surface area contributed by atoms with Crippen LogP contribution >= 0.6 is 36.7 Å². The molecule has 0 bridgehead atoms. The van der Waals surface area contributed by atoms with Crippen LogP contribution in [-0.4, -0.2) is 13.0 Å². The van der Waals surface area contributed by atoms with Crippen molar-refractivity contribution >= 4 is 91.5 Å². The predicted molar refractivity (Wildman–Crippen MR) is 108 cm³/mol. The number of rotatable bonds is 0. The summed E-state index contributed by atoms with van der Waals surface area (Å²) in [6.07, 6.45) is 0. The fraction of sp³-hybridized carbons (Fsp3) is 0.182. The van der Waals surface area contributed by atoms with Crippen molar-refractivity contribution in [2.24, 2.45) is 17.2 Å². The topological polar surface area (TPSA) is 78.1 Å². The zero-order valence-corrected chi connectivity index (χ0v) is 18.2. The molecule has 0 saturated carbocycles. The molecule has 0 heterocycles. The van der Waals surface area contributed by atoms with Crippen LogP contribution in [0.1, 0.15) is 11.1 Å². The van der Waals surface area contributed by atoms with E-state index in [0.29, 0.717) is 0 Å². The molecule has 21 heavy (non-hydrogen) atoms. The molecule has 0 aliphatic carbocycles. The van der Waals surface area contributed by atoms with Crippen LogP contribution in [-0.2, 0) is 57.7 Å². The van der Waals surface area contributed by atoms with Gasteiger partial charge in [-0.2, -0.15) is 0 Å². The van der Waals surface area contributed by atoms with Gasteiger partial charge in [-0.3, -0.25) is 0 Å². The van der Waals surface area contributed by atoms with E-state index in [1.807, 2.05) is 0 Å². The Hall–Kier alpha value is 0.238. The Balaban J connectivity index is -0.000000230. The maximum atomic E-state index is 4.66. The quantitative estimate of drug-likeness (QED) is 0.286. The minimum Gasteiger partial charge on any atom is -0.415 e. The molecule has 3 nitrogen and oxygen atoms in total. The molecule has 0 aliphatic heterocycles. The molecular formula is C11H15MoN3S6. The van der Waals surface area contributed by atoms with Gasteiger partial charge in [0.15, 0.2) is 0 Å². The summed E-state index contributed by atoms with van der Waals surface area (Å²) in [5, 5.41) is 0. The summed E-state index contributed by atoms with van der Waals surface area (Å²) in [6, 6.07) is 6.39. The Morgan fingerprint density at radius 2 is 1.19 bits per heavy atom. The molecule has 0 saturated heterocycles. The smallest absolute Gasteiger partial charge is 0.0708 e. The molecule has 1 aromatic carbocycles. The van der Waals surface area contributed by atoms with Crippen LogP contribution in [0.5, 0.6) is 0 Å². The summed E-state index contributed by atoms with van der Waals surface area (Å²) in [5.74, 6) is 0. The molecule has 0 aliphatic rings. The Labute approximate surface area is 170 Å². The molecule has 1 rings (SSSR count). The van der Waals surface area contributed by atoms with Crippen molar-refractivity contribution in [3.05, 3.63) is 29.3 Å². The first kappa shape index (κ1) is 26.2. The third-order valence-electron chi connectivity index (χ3n) is 1.55. The Kier molecular flexibility index (Phi) is 20.7. The average Bonchev–Trinajstić information content (AvgIpc) is 2.23. The van der Waals surface area contributed by atoms with Crippen LogP contribution in [0.15, 0.2) is 18.2 Å². The Morgan fingerprint density at radius 3 is 1.38 bits per heavy atom. The van der Waals surface area contributed by atoms with Gasteiger partial charge in [-0.05, 0) is 0 Å². The predicted octanol–water partition coefficient (Wildman–Crippen LogP) is 0.806. The van der Waals surface area contributed by atoms with Gasteiger partial charge in [-0.1, -0.05) is 13.0 Å². The van der Waals surface area contributed by atoms with Gasteiger partial charge in [0, 0.05) is 0 Å². The summed E-state index contributed by atoms with van der Waals surface area (Å²) >= 11 is 26.8. The fourth-order valence-electron chi connectivity index (χ4n) is 0.724. The maximum Gasteiger partial charge on any atom is -0.0708 e. The van der Waals surface area contributed by atoms with E-state index in [1.165, 1.54) is 15.1 Å². The third-order valence-corrected chi connectivity index (χ3v) is 2.64. The molecule has 0 fully saturated rings. The standard InChI is InChI=1S/C8H9.3CH3NS2.Mo/c1-7-5-3-4-6-8(7)2;3*2-1(3)4;/h3-5H,1-2H3;3*(H3,2,3,4);/q;;;;+3/p-3. The summed E-state index contributed by atoms with van der Waals surface area (Å²) in [6.45, 7) is 4.30. The Bertz CT molecular complexity index is 406. The minimum atomic E-state index is 0.0833. The molecule has 0 radical (unpaired) electrons. The average molecular weight is 478 g/mol. The van der Waals surface area contributed by atoms with E-state index in [-0.39, 0.29) is 13.0 Å². The summed E-state index contributed by atoms with van der Waals surface area (Å²) < 4.78 is 1.64. The van der Waals surface area contributed by atoms with Crippen molar-refractivity contribution in [1.82, 2.24) is 0 Å². The Morgan fingerprint density at radius 1 is 0.905 bits per heavy atom. The summed E-state index contributed by atoms with van der Waals surface area (Å²) in [5.41, 5.74) is 16.8. The van der Waals surface area contributed by atoms with E-state index in [1.54, 1.807) is 0 Å². The minimum absolute atomic E-state index is 0.0833. The zero-order valence-electron chi connectivity index (χ0n) is 11.3. The van der Waals surface area contributed by atoms with Crippen LogP contribution in [0.4, 0.5) is 0 Å². The van der Waals surface area contributed by atoms with Crippen molar-refractivity contribution in [3.8, 4) is 0 Å². The van der Waals surface area contributed by atoms with Crippen LogP contribution in [0.2, 0.25) is 0 Å². The van der Waals surface area contributed by atoms with Crippen molar-refractivity contribution in [3.63, 3.8) is 0 Å². The molecule has 6 N–H and O–H groups in total. The van der Waals surface area contributed by atoms with Crippen LogP contribution < -0.4 is 21.2 Å². The second-order valence-electron chi connectivity index (χ2n) is 3.16. The number of nitrogens with two attached hydrogens (primary N) is 3. The summed E-state index contributed by atoms with van der Waals surface area (Å²) in [7, 11) is 0. The first-order valence-electron chi connectivity index (χ1n) is 5.04. The fourth-order valence-corrected chi connectivity index (χ4v) is 1.31. The molecule has 0 atom stereocenters. The molecule has 0 spiro atoms. The first-order valence-corrected chi connectivity index (χ1v) is 8.49. The van der Waals surface area contributed by atoms with Gasteiger partial charge in [0.25, 0.3) is 0 Å². The van der Waals surface area contributed by atoms with E-state index >= 15 is 0 Å². The molecule has 1 aromatic rings. The number of thiocarbonyl (C=S) groups is 3. The number of aryl methyl sites for hydroxylation is 1. The number of benzene rings is 1. The molecule has 10 heteroatoms. The van der Waals surface area contributed by atoms with Gasteiger partial charge in [0.1, 0.15) is 0 Å². The van der Waals surface area contributed by atoms with Crippen molar-refractivity contribution in [2.75, 3.05) is 0 Å². The third kappa shape index (κ3) is 33.2. The number of hydrogen-bond donors (Lipinski definition) is 3. The van der Waals surface area contributed by atoms with Crippen LogP contribution in [0.25, 0.3) is 0 Å². The van der Waals surface area contributed by atoms with Gasteiger partial charge >= 0.3 is 66.9 Å². The second kappa shape index (κ2) is 16.6. The van der Waals surface area contributed by atoms with Crippen molar-refractivity contribution in [2.45, 2.75) is 13.8 Å². The first-order chi connectivity index (χ1) is 9.41. The monoisotopic (exact) mass is 479 g/mol. The second-order valence-corrected chi connectivity index (χ2v) is 7.65. The molecule has 0 aromatic heterocycles. The van der Waals surface area contributed by atoms with Gasteiger partial charge in [0.05, 0.1) is 0 Å². The van der Waals surface area contributed by atoms with Crippen LogP contribution in [0, 0.1) is 13.8 Å². The van der Waals surface area contributed by atoms with E-state index in [0.717, 1.165) is 0 Å². The maximum absolute atomic E-state index is 4.66. The zero-order chi connectivity index (χ0) is 17.6. The molecule has 0 unspecified atom stereocenters. The van der Waals surface area contributed by atoms with E-state index < -0.39 is 0 Å². The largest absolute Gasteiger partial charge is 0.415 e. The van der Waals surface area contributed by atoms with E-state index in [4.69, 9.17) is 0 Å². The van der Waals surface area contributed by atoms with Gasteiger partial charge in [-0.15, -0.1) is 0 Å². The van der Waals surface area contributed by atoms with Gasteiger partial charge < -0.3 is 91.7 Å².